The minimum Gasteiger partial charge on any atom is -0.497 e. The summed E-state index contributed by atoms with van der Waals surface area (Å²) in [5.74, 6) is 0.375. The first-order chi connectivity index (χ1) is 17.0. The SMILES string of the molecule is COc1ccc(CCNC(=O)c2cc3c(=O)n4ccccc4nc3n(C[C@@H]3CCCO3)c2=N)cc1. The third kappa shape index (κ3) is 4.54. The molecule has 0 bridgehead atoms. The predicted molar refractivity (Wildman–Crippen MR) is 131 cm³/mol. The molecule has 1 aliphatic rings. The van der Waals surface area contributed by atoms with E-state index in [1.54, 1.807) is 30.0 Å². The van der Waals surface area contributed by atoms with E-state index >= 15 is 0 Å². The van der Waals surface area contributed by atoms with Gasteiger partial charge in [0, 0.05) is 19.3 Å². The predicted octanol–water partition coefficient (Wildman–Crippen LogP) is 2.29. The van der Waals surface area contributed by atoms with Crippen LogP contribution >= 0.6 is 0 Å². The van der Waals surface area contributed by atoms with Crippen molar-refractivity contribution in [2.75, 3.05) is 20.3 Å². The Balaban J connectivity index is 1.50. The maximum Gasteiger partial charge on any atom is 0.267 e. The lowest BCUT2D eigenvalue weighted by Crippen LogP contribution is -2.37. The number of benzene rings is 1. The lowest BCUT2D eigenvalue weighted by Gasteiger charge is -2.17. The fraction of sp³-hybridized carbons (Fsp3) is 0.308. The molecule has 1 atom stereocenters. The van der Waals surface area contributed by atoms with Crippen molar-refractivity contribution in [1.82, 2.24) is 19.3 Å². The number of hydrogen-bond donors (Lipinski definition) is 2. The molecule has 0 saturated carbocycles. The van der Waals surface area contributed by atoms with Crippen LogP contribution in [0.25, 0.3) is 16.7 Å². The Kier molecular flexibility index (Phi) is 6.33. The number of amides is 1. The van der Waals surface area contributed by atoms with E-state index in [1.165, 1.54) is 10.5 Å². The molecule has 180 valence electrons. The summed E-state index contributed by atoms with van der Waals surface area (Å²) in [5.41, 5.74) is 1.80. The van der Waals surface area contributed by atoms with Crippen molar-refractivity contribution in [2.45, 2.75) is 31.9 Å². The number of nitrogens with one attached hydrogen (secondary N) is 2. The second-order valence-electron chi connectivity index (χ2n) is 8.59. The van der Waals surface area contributed by atoms with Crippen LogP contribution in [0.5, 0.6) is 5.75 Å². The topological polar surface area (TPSA) is 111 Å². The molecule has 3 aromatic heterocycles. The van der Waals surface area contributed by atoms with Gasteiger partial charge in [0.05, 0.1) is 30.7 Å². The summed E-state index contributed by atoms with van der Waals surface area (Å²) in [6.07, 6.45) is 4.00. The van der Waals surface area contributed by atoms with Gasteiger partial charge in [-0.3, -0.25) is 19.4 Å². The van der Waals surface area contributed by atoms with E-state index < -0.39 is 5.91 Å². The largest absolute Gasteiger partial charge is 0.497 e. The van der Waals surface area contributed by atoms with Gasteiger partial charge in [0.15, 0.2) is 0 Å². The summed E-state index contributed by atoms with van der Waals surface area (Å²) in [5, 5.41) is 12.0. The zero-order valence-electron chi connectivity index (χ0n) is 19.5. The van der Waals surface area contributed by atoms with Gasteiger partial charge in [-0.25, -0.2) is 4.98 Å². The lowest BCUT2D eigenvalue weighted by molar-refractivity contribution is 0.0933. The maximum absolute atomic E-state index is 13.3. The van der Waals surface area contributed by atoms with E-state index in [0.29, 0.717) is 42.8 Å². The van der Waals surface area contributed by atoms with Gasteiger partial charge in [-0.1, -0.05) is 18.2 Å². The van der Waals surface area contributed by atoms with Gasteiger partial charge in [-0.2, -0.15) is 0 Å². The average molecular weight is 474 g/mol. The number of methoxy groups -OCH3 is 1. The number of carbonyl (C=O) groups excluding carboxylic acids is 1. The number of nitrogens with zero attached hydrogens (tertiary/aromatic N) is 3. The monoisotopic (exact) mass is 473 g/mol. The van der Waals surface area contributed by atoms with Crippen LogP contribution in [0.1, 0.15) is 28.8 Å². The third-order valence-electron chi connectivity index (χ3n) is 6.33. The Morgan fingerprint density at radius 1 is 1.26 bits per heavy atom. The maximum atomic E-state index is 13.3. The number of rotatable bonds is 7. The molecule has 1 aromatic carbocycles. The Morgan fingerprint density at radius 3 is 2.83 bits per heavy atom. The van der Waals surface area contributed by atoms with Crippen molar-refractivity contribution in [2.24, 2.45) is 0 Å². The quantitative estimate of drug-likeness (QED) is 0.400. The normalized spacial score (nSPS) is 15.5. The summed E-state index contributed by atoms with van der Waals surface area (Å²) in [4.78, 5) is 31.1. The molecule has 1 amide bonds. The molecule has 0 radical (unpaired) electrons. The molecule has 9 heteroatoms. The highest BCUT2D eigenvalue weighted by Crippen LogP contribution is 2.17. The number of fused-ring (bicyclic) bond motifs is 2. The molecule has 9 nitrogen and oxygen atoms in total. The molecule has 0 spiro atoms. The van der Waals surface area contributed by atoms with Gasteiger partial charge in [-0.15, -0.1) is 0 Å². The van der Waals surface area contributed by atoms with Crippen LogP contribution in [0.3, 0.4) is 0 Å². The molecule has 0 aliphatic carbocycles. The number of carbonyl (C=O) groups is 1. The summed E-state index contributed by atoms with van der Waals surface area (Å²) in [6.45, 7) is 1.42. The molecule has 1 saturated heterocycles. The van der Waals surface area contributed by atoms with Crippen molar-refractivity contribution in [3.63, 3.8) is 0 Å². The van der Waals surface area contributed by atoms with Crippen LogP contribution in [0.2, 0.25) is 0 Å². The highest BCUT2D eigenvalue weighted by Gasteiger charge is 2.22. The minimum atomic E-state index is -0.399. The van der Waals surface area contributed by atoms with Crippen LogP contribution in [-0.4, -0.2) is 46.2 Å². The van der Waals surface area contributed by atoms with Gasteiger partial charge in [0.25, 0.3) is 11.5 Å². The number of aromatic nitrogens is 3. The van der Waals surface area contributed by atoms with Gasteiger partial charge in [0.2, 0.25) is 0 Å². The van der Waals surface area contributed by atoms with Crippen molar-refractivity contribution < 1.29 is 14.3 Å². The van der Waals surface area contributed by atoms with Gasteiger partial charge < -0.3 is 19.4 Å². The van der Waals surface area contributed by atoms with Crippen LogP contribution in [0.15, 0.2) is 59.5 Å². The Hall–Kier alpha value is -3.98. The van der Waals surface area contributed by atoms with Crippen molar-refractivity contribution in [1.29, 1.82) is 5.41 Å². The number of ether oxygens (including phenoxy) is 2. The first kappa shape index (κ1) is 22.8. The Bertz CT molecular complexity index is 1500. The van der Waals surface area contributed by atoms with Crippen molar-refractivity contribution in [3.05, 3.63) is 81.7 Å². The summed E-state index contributed by atoms with van der Waals surface area (Å²) in [7, 11) is 1.62. The van der Waals surface area contributed by atoms with Crippen LogP contribution in [-0.2, 0) is 17.7 Å². The van der Waals surface area contributed by atoms with Gasteiger partial charge in [-0.05, 0) is 55.2 Å². The van der Waals surface area contributed by atoms with E-state index in [2.05, 4.69) is 10.3 Å². The highest BCUT2D eigenvalue weighted by molar-refractivity contribution is 5.96. The summed E-state index contributed by atoms with van der Waals surface area (Å²) in [6, 6.07) is 14.5. The molecule has 35 heavy (non-hydrogen) atoms. The molecule has 0 unspecified atom stereocenters. The van der Waals surface area contributed by atoms with E-state index in [0.717, 1.165) is 24.2 Å². The highest BCUT2D eigenvalue weighted by atomic mass is 16.5. The molecule has 4 aromatic rings. The smallest absolute Gasteiger partial charge is 0.267 e. The first-order valence-corrected chi connectivity index (χ1v) is 11.7. The molecular weight excluding hydrogens is 446 g/mol. The van der Waals surface area contributed by atoms with Crippen LogP contribution in [0, 0.1) is 5.41 Å². The van der Waals surface area contributed by atoms with Crippen LogP contribution < -0.4 is 21.1 Å². The van der Waals surface area contributed by atoms with Crippen molar-refractivity contribution in [3.8, 4) is 5.75 Å². The van der Waals surface area contributed by atoms with E-state index in [4.69, 9.17) is 14.9 Å². The molecule has 1 aliphatic heterocycles. The van der Waals surface area contributed by atoms with Crippen molar-refractivity contribution >= 4 is 22.6 Å². The fourth-order valence-electron chi connectivity index (χ4n) is 4.44. The Labute approximate surface area is 201 Å². The standard InChI is InChI=1S/C26H27N5O4/c1-34-18-9-7-17(8-10-18)11-12-28-25(32)20-15-21-24(29-22-6-2-3-13-30(22)26(21)33)31(23(20)27)16-19-5-4-14-35-19/h2-3,6-10,13,15,19,27H,4-5,11-12,14,16H2,1H3,(H,28,32)/t19-/m0/s1. The second-order valence-corrected chi connectivity index (χ2v) is 8.59. The molecule has 4 heterocycles. The molecule has 1 fully saturated rings. The molecular formula is C26H27N5O4. The fourth-order valence-corrected chi connectivity index (χ4v) is 4.44. The zero-order valence-corrected chi connectivity index (χ0v) is 19.5. The van der Waals surface area contributed by atoms with Gasteiger partial charge in [0.1, 0.15) is 22.5 Å². The Morgan fingerprint density at radius 2 is 2.09 bits per heavy atom. The third-order valence-corrected chi connectivity index (χ3v) is 6.33. The van der Waals surface area contributed by atoms with E-state index in [-0.39, 0.29) is 22.7 Å². The average Bonchev–Trinajstić information content (AvgIpc) is 3.40. The number of pyridine rings is 2. The zero-order chi connectivity index (χ0) is 24.4. The first-order valence-electron chi connectivity index (χ1n) is 11.7. The number of hydrogen-bond acceptors (Lipinski definition) is 6. The van der Waals surface area contributed by atoms with E-state index in [9.17, 15) is 9.59 Å². The summed E-state index contributed by atoms with van der Waals surface area (Å²) >= 11 is 0. The van der Waals surface area contributed by atoms with E-state index in [1.807, 2.05) is 30.3 Å². The minimum absolute atomic E-state index is 0.0159. The summed E-state index contributed by atoms with van der Waals surface area (Å²) < 4.78 is 14.1. The van der Waals surface area contributed by atoms with Crippen LogP contribution in [0.4, 0.5) is 0 Å². The molecule has 5 rings (SSSR count). The second kappa shape index (κ2) is 9.71. The molecule has 2 N–H and O–H groups in total. The lowest BCUT2D eigenvalue weighted by atomic mass is 10.1. The van der Waals surface area contributed by atoms with Gasteiger partial charge >= 0.3 is 0 Å².